The number of thioether (sulfide) groups is 1. The number of ether oxygens (including phenoxy) is 4. The third-order valence-corrected chi connectivity index (χ3v) is 5.28. The molecule has 0 aliphatic carbocycles. The summed E-state index contributed by atoms with van der Waals surface area (Å²) in [5.41, 5.74) is 5.74. The van der Waals surface area contributed by atoms with E-state index in [0.717, 1.165) is 20.8 Å². The number of anilines is 2. The summed E-state index contributed by atoms with van der Waals surface area (Å²) in [6.07, 6.45) is -10.1. The van der Waals surface area contributed by atoms with Crippen LogP contribution < -0.4 is 11.1 Å². The molecule has 0 amide bonds. The van der Waals surface area contributed by atoms with Crippen molar-refractivity contribution in [2.24, 2.45) is 0 Å². The molecule has 1 aromatic rings. The number of nitrogens with two attached hydrogens (primary N) is 1. The van der Waals surface area contributed by atoms with Crippen LogP contribution in [0.25, 0.3) is 0 Å². The second kappa shape index (κ2) is 11.8. The highest BCUT2D eigenvalue weighted by Gasteiger charge is 2.50. The number of nitrogens with zero attached hydrogens (tertiary/aromatic N) is 2. The Labute approximate surface area is 201 Å². The monoisotopic (exact) mass is 530 g/mol. The van der Waals surface area contributed by atoms with Gasteiger partial charge in [-0.15, -0.1) is 0 Å². The van der Waals surface area contributed by atoms with Gasteiger partial charge in [0, 0.05) is 26.5 Å². The number of esters is 3. The highest BCUT2D eigenvalue weighted by atomic mass is 35.5. The zero-order chi connectivity index (χ0) is 25.6. The molecule has 2 heterocycles. The van der Waals surface area contributed by atoms with Crippen LogP contribution in [0.2, 0.25) is 5.15 Å². The van der Waals surface area contributed by atoms with E-state index in [1.165, 1.54) is 0 Å². The molecule has 0 spiro atoms. The molecule has 16 heteroatoms. The van der Waals surface area contributed by atoms with Crippen molar-refractivity contribution in [2.45, 2.75) is 63.1 Å². The summed E-state index contributed by atoms with van der Waals surface area (Å²) >= 11 is 6.70. The smallest absolute Gasteiger partial charge is 0.389 e. The largest absolute Gasteiger partial charge is 0.463 e. The third-order valence-electron chi connectivity index (χ3n) is 4.14. The molecule has 1 aliphatic rings. The van der Waals surface area contributed by atoms with Crippen molar-refractivity contribution in [3.63, 3.8) is 0 Å². The fourth-order valence-corrected chi connectivity index (χ4v) is 3.87. The molecule has 1 saturated heterocycles. The number of alkyl halides is 3. The first-order chi connectivity index (χ1) is 15.8. The lowest BCUT2D eigenvalue weighted by atomic mass is 10.1. The van der Waals surface area contributed by atoms with Gasteiger partial charge in [0.2, 0.25) is 0 Å². The maximum atomic E-state index is 12.4. The summed E-state index contributed by atoms with van der Waals surface area (Å²) in [5.74, 6) is -2.56. The SMILES string of the molecule is CC(=O)OC[C@H]1O[C@@H](Nc2nc(SCCC(F)(F)F)nc(Cl)c2N)[C@H](OC(C)=O)[C@H]1OC(C)=O. The minimum Gasteiger partial charge on any atom is -0.463 e. The average molecular weight is 531 g/mol. The lowest BCUT2D eigenvalue weighted by Gasteiger charge is -2.24. The summed E-state index contributed by atoms with van der Waals surface area (Å²) in [5, 5.41) is 2.42. The van der Waals surface area contributed by atoms with Gasteiger partial charge in [0.05, 0.1) is 6.42 Å². The Kier molecular flexibility index (Phi) is 9.58. The van der Waals surface area contributed by atoms with Crippen molar-refractivity contribution in [2.75, 3.05) is 23.4 Å². The van der Waals surface area contributed by atoms with Crippen LogP contribution in [0.5, 0.6) is 0 Å². The van der Waals surface area contributed by atoms with Crippen LogP contribution in [-0.2, 0) is 33.3 Å². The third kappa shape index (κ3) is 8.36. The van der Waals surface area contributed by atoms with Crippen LogP contribution in [0, 0.1) is 0 Å². The van der Waals surface area contributed by atoms with Gasteiger partial charge in [-0.05, 0) is 0 Å². The van der Waals surface area contributed by atoms with Crippen LogP contribution in [0.4, 0.5) is 24.7 Å². The van der Waals surface area contributed by atoms with Gasteiger partial charge >= 0.3 is 24.1 Å². The molecule has 2 rings (SSSR count). The molecule has 0 radical (unpaired) electrons. The summed E-state index contributed by atoms with van der Waals surface area (Å²) in [6, 6.07) is 0. The van der Waals surface area contributed by atoms with Gasteiger partial charge in [0.1, 0.15) is 18.4 Å². The standard InChI is InChI=1S/C18H22ClF3N4O7S/c1-7(27)30-6-10-12(31-8(2)28)13(32-9(3)29)16(33-10)25-15-11(23)14(19)24-17(26-15)34-5-4-18(20,21)22/h10,12-13,16H,4-6,23H2,1-3H3,(H,24,25,26)/t10-,12+,13-,16-/m1/s1. The molecule has 190 valence electrons. The summed E-state index contributed by atoms with van der Waals surface area (Å²) in [4.78, 5) is 42.4. The number of carbonyl (C=O) groups is 3. The number of carbonyl (C=O) groups excluding carboxylic acids is 3. The highest BCUT2D eigenvalue weighted by Crippen LogP contribution is 2.33. The van der Waals surface area contributed by atoms with Crippen LogP contribution in [-0.4, -0.2) is 71.0 Å². The fraction of sp³-hybridized carbons (Fsp3) is 0.611. The summed E-state index contributed by atoms with van der Waals surface area (Å²) in [7, 11) is 0. The van der Waals surface area contributed by atoms with E-state index in [1.54, 1.807) is 0 Å². The van der Waals surface area contributed by atoms with Crippen LogP contribution >= 0.6 is 23.4 Å². The van der Waals surface area contributed by atoms with E-state index < -0.39 is 55.0 Å². The van der Waals surface area contributed by atoms with Gasteiger partial charge in [0.25, 0.3) is 0 Å². The van der Waals surface area contributed by atoms with E-state index in [2.05, 4.69) is 15.3 Å². The Bertz CT molecular complexity index is 924. The second-order valence-electron chi connectivity index (χ2n) is 6.96. The predicted octanol–water partition coefficient (Wildman–Crippen LogP) is 2.32. The normalized spacial score (nSPS) is 22.2. The first-order valence-corrected chi connectivity index (χ1v) is 11.1. The molecular formula is C18H22ClF3N4O7S. The molecule has 0 bridgehead atoms. The van der Waals surface area contributed by atoms with Crippen LogP contribution in [0.1, 0.15) is 27.2 Å². The van der Waals surface area contributed by atoms with Gasteiger partial charge in [-0.1, -0.05) is 23.4 Å². The molecule has 1 aliphatic heterocycles. The van der Waals surface area contributed by atoms with E-state index in [4.69, 9.17) is 36.3 Å². The number of hydrogen-bond acceptors (Lipinski definition) is 12. The molecule has 3 N–H and O–H groups in total. The molecule has 0 unspecified atom stereocenters. The predicted molar refractivity (Wildman–Crippen MR) is 113 cm³/mol. The minimum absolute atomic E-state index is 0.0963. The number of halogens is 4. The Morgan fingerprint density at radius 2 is 1.74 bits per heavy atom. The molecule has 1 fully saturated rings. The summed E-state index contributed by atoms with van der Waals surface area (Å²) in [6.45, 7) is 3.08. The number of nitrogen functional groups attached to an aromatic ring is 1. The Morgan fingerprint density at radius 1 is 1.12 bits per heavy atom. The quantitative estimate of drug-likeness (QED) is 0.158. The van der Waals surface area contributed by atoms with E-state index in [0.29, 0.717) is 11.8 Å². The first kappa shape index (κ1) is 27.7. The number of rotatable bonds is 9. The fourth-order valence-electron chi connectivity index (χ4n) is 2.82. The van der Waals surface area contributed by atoms with Crippen molar-refractivity contribution in [3.8, 4) is 0 Å². The Balaban J connectivity index is 2.29. The van der Waals surface area contributed by atoms with Gasteiger partial charge in [-0.3, -0.25) is 14.4 Å². The lowest BCUT2D eigenvalue weighted by Crippen LogP contribution is -2.43. The van der Waals surface area contributed by atoms with Crippen LogP contribution in [0.3, 0.4) is 0 Å². The van der Waals surface area contributed by atoms with Gasteiger partial charge in [0.15, 0.2) is 34.6 Å². The second-order valence-corrected chi connectivity index (χ2v) is 8.38. The van der Waals surface area contributed by atoms with Crippen LogP contribution in [0.15, 0.2) is 5.16 Å². The molecule has 34 heavy (non-hydrogen) atoms. The minimum atomic E-state index is -4.36. The van der Waals surface area contributed by atoms with Crippen molar-refractivity contribution in [1.82, 2.24) is 9.97 Å². The van der Waals surface area contributed by atoms with Crippen molar-refractivity contribution < 1.29 is 46.5 Å². The van der Waals surface area contributed by atoms with E-state index in [9.17, 15) is 27.6 Å². The number of hydrogen-bond donors (Lipinski definition) is 2. The molecule has 1 aromatic heterocycles. The topological polar surface area (TPSA) is 152 Å². The molecule has 11 nitrogen and oxygen atoms in total. The molecule has 0 saturated carbocycles. The van der Waals surface area contributed by atoms with E-state index in [-0.39, 0.29) is 34.2 Å². The first-order valence-electron chi connectivity index (χ1n) is 9.69. The molecular weight excluding hydrogens is 509 g/mol. The number of nitrogens with one attached hydrogen (secondary N) is 1. The molecule has 4 atom stereocenters. The van der Waals surface area contributed by atoms with Gasteiger partial charge < -0.3 is 30.0 Å². The van der Waals surface area contributed by atoms with Gasteiger partial charge in [-0.25, -0.2) is 9.97 Å². The maximum Gasteiger partial charge on any atom is 0.389 e. The van der Waals surface area contributed by atoms with Crippen molar-refractivity contribution in [1.29, 1.82) is 0 Å². The molecule has 0 aromatic carbocycles. The summed E-state index contributed by atoms with van der Waals surface area (Å²) < 4.78 is 58.5. The average Bonchev–Trinajstić information content (AvgIpc) is 2.98. The van der Waals surface area contributed by atoms with E-state index >= 15 is 0 Å². The van der Waals surface area contributed by atoms with Crippen molar-refractivity contribution >= 4 is 52.8 Å². The van der Waals surface area contributed by atoms with Crippen molar-refractivity contribution in [3.05, 3.63) is 5.15 Å². The number of aromatic nitrogens is 2. The zero-order valence-corrected chi connectivity index (χ0v) is 19.8. The lowest BCUT2D eigenvalue weighted by molar-refractivity contribution is -0.165. The Morgan fingerprint density at radius 3 is 2.29 bits per heavy atom. The van der Waals surface area contributed by atoms with E-state index in [1.807, 2.05) is 0 Å². The maximum absolute atomic E-state index is 12.4. The van der Waals surface area contributed by atoms with Gasteiger partial charge in [-0.2, -0.15) is 13.2 Å². The zero-order valence-electron chi connectivity index (χ0n) is 18.2. The Hall–Kier alpha value is -2.52. The highest BCUT2D eigenvalue weighted by molar-refractivity contribution is 7.99.